The van der Waals surface area contributed by atoms with Gasteiger partial charge in [0.15, 0.2) is 5.96 Å². The molecule has 1 aromatic rings. The zero-order valence-electron chi connectivity index (χ0n) is 9.56. The van der Waals surface area contributed by atoms with Gasteiger partial charge in [-0.1, -0.05) is 18.2 Å². The molecule has 16 heavy (non-hydrogen) atoms. The molecule has 0 aliphatic rings. The first-order valence-electron chi connectivity index (χ1n) is 5.09. The molecule has 2 N–H and O–H groups in total. The van der Waals surface area contributed by atoms with E-state index in [-0.39, 0.29) is 0 Å². The second-order valence-electron chi connectivity index (χ2n) is 3.11. The molecule has 4 nitrogen and oxygen atoms in total. The summed E-state index contributed by atoms with van der Waals surface area (Å²) in [5.41, 5.74) is 0. The summed E-state index contributed by atoms with van der Waals surface area (Å²) in [4.78, 5) is 4.84. The van der Waals surface area contributed by atoms with Crippen LogP contribution in [0.5, 0.6) is 0 Å². The lowest BCUT2D eigenvalue weighted by molar-refractivity contribution is 0.681. The molecule has 0 spiro atoms. The monoisotopic (exact) mass is 239 g/mol. The van der Waals surface area contributed by atoms with Crippen LogP contribution in [0.3, 0.4) is 0 Å². The summed E-state index contributed by atoms with van der Waals surface area (Å²) in [7, 11) is 2.55. The molecule has 0 aliphatic carbocycles. The van der Waals surface area contributed by atoms with E-state index in [1.165, 1.54) is 0 Å². The van der Waals surface area contributed by atoms with Gasteiger partial charge in [0.1, 0.15) is 0 Å². The second-order valence-corrected chi connectivity index (χ2v) is 4.68. The molecule has 0 radical (unpaired) electrons. The fourth-order valence-corrected chi connectivity index (χ4v) is 2.22. The molecule has 0 unspecified atom stereocenters. The van der Waals surface area contributed by atoms with Crippen LogP contribution in [0.2, 0.25) is 0 Å². The van der Waals surface area contributed by atoms with Crippen molar-refractivity contribution in [1.82, 2.24) is 10.6 Å². The molecule has 1 rings (SSSR count). The number of aliphatic imine (C=N–C) groups is 1. The molecule has 0 aliphatic heterocycles. The predicted molar refractivity (Wildman–Crippen MR) is 68.1 cm³/mol. The largest absolute Gasteiger partial charge is 0.359 e. The Hall–Kier alpha value is -1.36. The first-order chi connectivity index (χ1) is 7.77. The van der Waals surface area contributed by atoms with Gasteiger partial charge in [0.05, 0.1) is 10.8 Å². The molecule has 0 bridgehead atoms. The highest BCUT2D eigenvalue weighted by atomic mass is 32.2. The summed E-state index contributed by atoms with van der Waals surface area (Å²) in [6.45, 7) is 0.634. The molecule has 0 fully saturated rings. The summed E-state index contributed by atoms with van der Waals surface area (Å²) >= 11 is 0. The van der Waals surface area contributed by atoms with Gasteiger partial charge in [-0.05, 0) is 12.1 Å². The van der Waals surface area contributed by atoms with E-state index in [2.05, 4.69) is 15.6 Å². The number of guanidine groups is 1. The quantitative estimate of drug-likeness (QED) is 0.597. The minimum atomic E-state index is -0.949. The summed E-state index contributed by atoms with van der Waals surface area (Å²) in [6.07, 6.45) is 0. The van der Waals surface area contributed by atoms with Crippen LogP contribution in [0.1, 0.15) is 0 Å². The highest BCUT2D eigenvalue weighted by Crippen LogP contribution is 2.04. The minimum absolute atomic E-state index is 0.574. The average Bonchev–Trinajstić information content (AvgIpc) is 2.35. The maximum Gasteiger partial charge on any atom is 0.190 e. The maximum atomic E-state index is 11.8. The molecule has 1 aromatic carbocycles. The lowest BCUT2D eigenvalue weighted by Gasteiger charge is -2.07. The van der Waals surface area contributed by atoms with Gasteiger partial charge in [0.25, 0.3) is 0 Å². The molecule has 0 saturated heterocycles. The van der Waals surface area contributed by atoms with Crippen molar-refractivity contribution < 1.29 is 4.21 Å². The second kappa shape index (κ2) is 7.00. The normalized spacial score (nSPS) is 13.2. The third-order valence-corrected chi connectivity index (χ3v) is 3.42. The Kier molecular flexibility index (Phi) is 5.56. The fourth-order valence-electron chi connectivity index (χ4n) is 1.23. The van der Waals surface area contributed by atoms with Crippen molar-refractivity contribution in [2.24, 2.45) is 4.99 Å². The van der Waals surface area contributed by atoms with E-state index < -0.39 is 10.8 Å². The van der Waals surface area contributed by atoms with Crippen molar-refractivity contribution in [3.63, 3.8) is 0 Å². The molecular weight excluding hydrogens is 222 g/mol. The van der Waals surface area contributed by atoms with Gasteiger partial charge in [-0.25, -0.2) is 0 Å². The van der Waals surface area contributed by atoms with Gasteiger partial charge in [-0.2, -0.15) is 0 Å². The smallest absolute Gasteiger partial charge is 0.190 e. The number of nitrogens with zero attached hydrogens (tertiary/aromatic N) is 1. The van der Waals surface area contributed by atoms with Crippen molar-refractivity contribution in [3.05, 3.63) is 30.3 Å². The highest BCUT2D eigenvalue weighted by molar-refractivity contribution is 7.85. The van der Waals surface area contributed by atoms with Crippen LogP contribution < -0.4 is 10.6 Å². The van der Waals surface area contributed by atoms with Crippen LogP contribution in [0.4, 0.5) is 0 Å². The topological polar surface area (TPSA) is 53.5 Å². The van der Waals surface area contributed by atoms with Crippen LogP contribution in [-0.4, -0.2) is 36.6 Å². The van der Waals surface area contributed by atoms with E-state index >= 15 is 0 Å². The summed E-state index contributed by atoms with van der Waals surface area (Å²) in [5, 5.41) is 5.97. The Morgan fingerprint density at radius 2 is 2.06 bits per heavy atom. The molecule has 5 heteroatoms. The third-order valence-electron chi connectivity index (χ3n) is 2.05. The Labute approximate surface area is 98.6 Å². The van der Waals surface area contributed by atoms with E-state index in [0.29, 0.717) is 18.3 Å². The molecule has 0 aromatic heterocycles. The van der Waals surface area contributed by atoms with E-state index in [0.717, 1.165) is 4.90 Å². The first kappa shape index (κ1) is 12.7. The van der Waals surface area contributed by atoms with E-state index in [1.807, 2.05) is 30.3 Å². The zero-order valence-corrected chi connectivity index (χ0v) is 10.4. The van der Waals surface area contributed by atoms with Crippen molar-refractivity contribution in [2.75, 3.05) is 26.4 Å². The van der Waals surface area contributed by atoms with E-state index in [1.54, 1.807) is 14.1 Å². The van der Waals surface area contributed by atoms with Gasteiger partial charge >= 0.3 is 0 Å². The minimum Gasteiger partial charge on any atom is -0.359 e. The molecular formula is C11H17N3OS. The first-order valence-corrected chi connectivity index (χ1v) is 6.41. The van der Waals surface area contributed by atoms with E-state index in [4.69, 9.17) is 0 Å². The standard InChI is InChI=1S/C11H17N3OS/c1-12-11(13-2)14-8-9-16(15)10-6-4-3-5-7-10/h3-7H,8-9H2,1-2H3,(H2,12,13,14)/t16-/m0/s1. The van der Waals surface area contributed by atoms with Crippen LogP contribution in [0.25, 0.3) is 0 Å². The molecule has 0 heterocycles. The van der Waals surface area contributed by atoms with Crippen LogP contribution in [-0.2, 0) is 10.8 Å². The Balaban J connectivity index is 2.37. The molecule has 1 atom stereocenters. The van der Waals surface area contributed by atoms with E-state index in [9.17, 15) is 4.21 Å². The SMILES string of the molecule is CN=C(NC)NCC[S@](=O)c1ccccc1. The number of hydrogen-bond donors (Lipinski definition) is 2. The molecule has 0 amide bonds. The number of nitrogens with one attached hydrogen (secondary N) is 2. The van der Waals surface area contributed by atoms with Crippen LogP contribution >= 0.6 is 0 Å². The lowest BCUT2D eigenvalue weighted by Crippen LogP contribution is -2.36. The molecule has 88 valence electrons. The Morgan fingerprint density at radius 3 is 2.62 bits per heavy atom. The van der Waals surface area contributed by atoms with Crippen molar-refractivity contribution >= 4 is 16.8 Å². The third kappa shape index (κ3) is 4.02. The summed E-state index contributed by atoms with van der Waals surface area (Å²) in [6, 6.07) is 9.47. The summed E-state index contributed by atoms with van der Waals surface area (Å²) < 4.78 is 11.8. The van der Waals surface area contributed by atoms with Crippen molar-refractivity contribution in [3.8, 4) is 0 Å². The van der Waals surface area contributed by atoms with Gasteiger partial charge in [0, 0.05) is 31.3 Å². The zero-order chi connectivity index (χ0) is 11.8. The Bertz CT molecular complexity index is 365. The number of benzene rings is 1. The fraction of sp³-hybridized carbons (Fsp3) is 0.364. The van der Waals surface area contributed by atoms with Crippen molar-refractivity contribution in [1.29, 1.82) is 0 Å². The van der Waals surface area contributed by atoms with Crippen LogP contribution in [0, 0.1) is 0 Å². The maximum absolute atomic E-state index is 11.8. The van der Waals surface area contributed by atoms with Gasteiger partial charge in [-0.3, -0.25) is 9.20 Å². The summed E-state index contributed by atoms with van der Waals surface area (Å²) in [5.74, 6) is 1.29. The number of hydrogen-bond acceptors (Lipinski definition) is 2. The van der Waals surface area contributed by atoms with Gasteiger partial charge in [0.2, 0.25) is 0 Å². The van der Waals surface area contributed by atoms with Crippen LogP contribution in [0.15, 0.2) is 40.2 Å². The Morgan fingerprint density at radius 1 is 1.38 bits per heavy atom. The van der Waals surface area contributed by atoms with Crippen molar-refractivity contribution in [2.45, 2.75) is 4.90 Å². The lowest BCUT2D eigenvalue weighted by atomic mass is 10.4. The number of rotatable bonds is 4. The highest BCUT2D eigenvalue weighted by Gasteiger charge is 2.02. The van der Waals surface area contributed by atoms with Gasteiger partial charge in [-0.15, -0.1) is 0 Å². The van der Waals surface area contributed by atoms with Gasteiger partial charge < -0.3 is 10.6 Å². The molecule has 0 saturated carbocycles. The average molecular weight is 239 g/mol. The predicted octanol–water partition coefficient (Wildman–Crippen LogP) is 0.589.